The highest BCUT2D eigenvalue weighted by Gasteiger charge is 2.25. The zero-order valence-corrected chi connectivity index (χ0v) is 10.6. The molecule has 0 aromatic heterocycles. The van der Waals surface area contributed by atoms with Gasteiger partial charge in [-0.3, -0.25) is 9.69 Å². The minimum absolute atomic E-state index is 0.0952. The van der Waals surface area contributed by atoms with Crippen LogP contribution in [0.15, 0.2) is 45.6 Å². The fraction of sp³-hybridized carbons (Fsp3) is 0.167. The van der Waals surface area contributed by atoms with Crippen LogP contribution in [0, 0.1) is 0 Å². The number of rotatable bonds is 0. The number of carbonyl (C=O) groups is 1. The zero-order chi connectivity index (χ0) is 11.7. The molecule has 1 aromatic rings. The number of thioether (sulfide) groups is 2. The van der Waals surface area contributed by atoms with E-state index in [1.807, 2.05) is 35.7 Å². The lowest BCUT2D eigenvalue weighted by Crippen LogP contribution is -2.29. The second-order valence-corrected chi connectivity index (χ2v) is 5.62. The molecule has 2 aliphatic heterocycles. The van der Waals surface area contributed by atoms with Gasteiger partial charge in [-0.2, -0.15) is 0 Å². The molecular weight excluding hydrogens is 252 g/mol. The van der Waals surface area contributed by atoms with Crippen molar-refractivity contribution in [2.24, 2.45) is 4.99 Å². The van der Waals surface area contributed by atoms with Crippen molar-refractivity contribution in [3.8, 4) is 0 Å². The fourth-order valence-electron chi connectivity index (χ4n) is 1.73. The van der Waals surface area contributed by atoms with Crippen molar-refractivity contribution in [2.45, 2.75) is 4.90 Å². The van der Waals surface area contributed by atoms with Crippen molar-refractivity contribution in [1.82, 2.24) is 4.90 Å². The van der Waals surface area contributed by atoms with Crippen molar-refractivity contribution in [1.29, 1.82) is 0 Å². The molecule has 0 N–H and O–H groups in total. The first kappa shape index (κ1) is 10.9. The highest BCUT2D eigenvalue weighted by Crippen LogP contribution is 2.33. The Kier molecular flexibility index (Phi) is 2.94. The van der Waals surface area contributed by atoms with E-state index >= 15 is 0 Å². The Bertz CT molecular complexity index is 525. The number of nitrogens with zero attached hydrogens (tertiary/aromatic N) is 2. The lowest BCUT2D eigenvalue weighted by molar-refractivity contribution is 0.248. The van der Waals surface area contributed by atoms with Crippen LogP contribution in [0.3, 0.4) is 0 Å². The van der Waals surface area contributed by atoms with Gasteiger partial charge in [-0.25, -0.2) is 4.99 Å². The third-order valence-corrected chi connectivity index (χ3v) is 4.28. The summed E-state index contributed by atoms with van der Waals surface area (Å²) < 4.78 is 0. The summed E-state index contributed by atoms with van der Waals surface area (Å²) in [7, 11) is 0. The minimum atomic E-state index is 0.0952. The van der Waals surface area contributed by atoms with Crippen LogP contribution in [-0.4, -0.2) is 28.3 Å². The number of hydrogen-bond acceptors (Lipinski definition) is 4. The number of hydrogen-bond donors (Lipinski definition) is 0. The van der Waals surface area contributed by atoms with Gasteiger partial charge in [-0.05, 0) is 23.6 Å². The van der Waals surface area contributed by atoms with Gasteiger partial charge in [0.2, 0.25) is 0 Å². The molecule has 5 heteroatoms. The predicted octanol–water partition coefficient (Wildman–Crippen LogP) is 3.50. The van der Waals surface area contributed by atoms with Gasteiger partial charge in [0.1, 0.15) is 5.84 Å². The Morgan fingerprint density at radius 1 is 1.29 bits per heavy atom. The third kappa shape index (κ3) is 2.12. The maximum atomic E-state index is 11.7. The number of para-hydroxylation sites is 1. The monoisotopic (exact) mass is 262 g/mol. The van der Waals surface area contributed by atoms with Crippen molar-refractivity contribution in [3.63, 3.8) is 0 Å². The molecule has 0 unspecified atom stereocenters. The zero-order valence-electron chi connectivity index (χ0n) is 9.00. The summed E-state index contributed by atoms with van der Waals surface area (Å²) in [6, 6.07) is 7.98. The van der Waals surface area contributed by atoms with Crippen LogP contribution in [0.4, 0.5) is 10.5 Å². The molecule has 0 saturated carbocycles. The van der Waals surface area contributed by atoms with Crippen LogP contribution in [0.2, 0.25) is 0 Å². The third-order valence-electron chi connectivity index (χ3n) is 2.55. The molecular formula is C12H10N2OS2. The van der Waals surface area contributed by atoms with E-state index in [0.29, 0.717) is 0 Å². The van der Waals surface area contributed by atoms with E-state index in [9.17, 15) is 4.79 Å². The quantitative estimate of drug-likeness (QED) is 0.717. The molecule has 0 bridgehead atoms. The second kappa shape index (κ2) is 4.58. The summed E-state index contributed by atoms with van der Waals surface area (Å²) in [6.45, 7) is 0.750. The van der Waals surface area contributed by atoms with E-state index in [1.54, 1.807) is 16.7 Å². The van der Waals surface area contributed by atoms with Crippen LogP contribution < -0.4 is 0 Å². The molecule has 0 radical (unpaired) electrons. The minimum Gasteiger partial charge on any atom is -0.287 e. The predicted molar refractivity (Wildman–Crippen MR) is 73.1 cm³/mol. The van der Waals surface area contributed by atoms with Gasteiger partial charge in [0.15, 0.2) is 0 Å². The maximum Gasteiger partial charge on any atom is 0.287 e. The highest BCUT2D eigenvalue weighted by molar-refractivity contribution is 8.13. The molecule has 2 aliphatic rings. The first-order chi connectivity index (χ1) is 8.34. The van der Waals surface area contributed by atoms with E-state index in [-0.39, 0.29) is 5.24 Å². The molecule has 1 saturated heterocycles. The number of amidine groups is 1. The van der Waals surface area contributed by atoms with E-state index in [0.717, 1.165) is 28.7 Å². The van der Waals surface area contributed by atoms with Crippen molar-refractivity contribution < 1.29 is 4.79 Å². The molecule has 0 aliphatic carbocycles. The molecule has 1 amide bonds. The van der Waals surface area contributed by atoms with E-state index in [1.165, 1.54) is 11.8 Å². The maximum absolute atomic E-state index is 11.7. The SMILES string of the molecule is O=C1SCCN1C1=Nc2ccccc2SC=C1. The molecule has 3 nitrogen and oxygen atoms in total. The molecule has 86 valence electrons. The summed E-state index contributed by atoms with van der Waals surface area (Å²) in [5.41, 5.74) is 0.933. The van der Waals surface area contributed by atoms with Crippen molar-refractivity contribution in [2.75, 3.05) is 12.3 Å². The fourth-order valence-corrected chi connectivity index (χ4v) is 3.25. The van der Waals surface area contributed by atoms with Crippen LogP contribution >= 0.6 is 23.5 Å². The molecule has 2 heterocycles. The summed E-state index contributed by atoms with van der Waals surface area (Å²) in [5.74, 6) is 1.60. The lowest BCUT2D eigenvalue weighted by Gasteiger charge is -2.13. The normalized spacial score (nSPS) is 18.9. The summed E-state index contributed by atoms with van der Waals surface area (Å²) in [5, 5.41) is 2.08. The highest BCUT2D eigenvalue weighted by atomic mass is 32.2. The van der Waals surface area contributed by atoms with Crippen LogP contribution in [0.1, 0.15) is 0 Å². The number of amides is 1. The molecule has 0 spiro atoms. The molecule has 17 heavy (non-hydrogen) atoms. The van der Waals surface area contributed by atoms with Crippen molar-refractivity contribution >= 4 is 40.3 Å². The Morgan fingerprint density at radius 3 is 3.00 bits per heavy atom. The van der Waals surface area contributed by atoms with Gasteiger partial charge in [-0.1, -0.05) is 35.7 Å². The van der Waals surface area contributed by atoms with E-state index in [2.05, 4.69) is 4.99 Å². The van der Waals surface area contributed by atoms with Gasteiger partial charge >= 0.3 is 0 Å². The summed E-state index contributed by atoms with van der Waals surface area (Å²) >= 11 is 2.99. The van der Waals surface area contributed by atoms with E-state index in [4.69, 9.17) is 0 Å². The Labute approximate surface area is 108 Å². The summed E-state index contributed by atoms with van der Waals surface area (Å²) in [4.78, 5) is 19.1. The average Bonchev–Trinajstić information content (AvgIpc) is 2.65. The van der Waals surface area contributed by atoms with Crippen LogP contribution in [0.25, 0.3) is 0 Å². The molecule has 3 rings (SSSR count). The van der Waals surface area contributed by atoms with Gasteiger partial charge in [0, 0.05) is 17.2 Å². The van der Waals surface area contributed by atoms with Gasteiger partial charge in [0.25, 0.3) is 5.24 Å². The first-order valence-corrected chi connectivity index (χ1v) is 7.16. The van der Waals surface area contributed by atoms with Gasteiger partial charge in [0.05, 0.1) is 5.69 Å². The molecule has 1 aromatic carbocycles. The smallest absolute Gasteiger partial charge is 0.287 e. The number of benzene rings is 1. The van der Waals surface area contributed by atoms with Gasteiger partial charge in [-0.15, -0.1) is 0 Å². The second-order valence-electron chi connectivity index (χ2n) is 3.62. The van der Waals surface area contributed by atoms with Crippen LogP contribution in [0.5, 0.6) is 0 Å². The number of aliphatic imine (C=N–C) groups is 1. The first-order valence-electron chi connectivity index (χ1n) is 5.30. The lowest BCUT2D eigenvalue weighted by atomic mass is 10.3. The average molecular weight is 262 g/mol. The molecule has 1 fully saturated rings. The topological polar surface area (TPSA) is 32.7 Å². The number of carbonyl (C=O) groups excluding carboxylic acids is 1. The Morgan fingerprint density at radius 2 is 2.18 bits per heavy atom. The Hall–Kier alpha value is -1.20. The summed E-state index contributed by atoms with van der Waals surface area (Å²) in [6.07, 6.45) is 1.91. The Balaban J connectivity index is 2.00. The van der Waals surface area contributed by atoms with E-state index < -0.39 is 0 Å². The van der Waals surface area contributed by atoms with Crippen LogP contribution in [-0.2, 0) is 0 Å². The largest absolute Gasteiger partial charge is 0.287 e. The van der Waals surface area contributed by atoms with Gasteiger partial charge < -0.3 is 0 Å². The molecule has 0 atom stereocenters. The standard InChI is InChI=1S/C12H10N2OS2/c15-12-14(6-8-17-12)11-5-7-16-10-4-2-1-3-9(10)13-11/h1-5,7H,6,8H2. The number of fused-ring (bicyclic) bond motifs is 1. The van der Waals surface area contributed by atoms with Crippen molar-refractivity contribution in [3.05, 3.63) is 35.7 Å².